The molecule has 1 atom stereocenters. The fourth-order valence-electron chi connectivity index (χ4n) is 3.27. The zero-order valence-electron chi connectivity index (χ0n) is 10.6. The number of fused-ring (bicyclic) bond motifs is 5. The molecule has 2 heterocycles. The molecule has 2 aromatic rings. The van der Waals surface area contributed by atoms with Crippen molar-refractivity contribution in [3.8, 4) is 0 Å². The quantitative estimate of drug-likeness (QED) is 0.717. The normalized spacial score (nSPS) is 20.1. The van der Waals surface area contributed by atoms with E-state index in [4.69, 9.17) is 0 Å². The van der Waals surface area contributed by atoms with Crippen LogP contribution in [0.5, 0.6) is 0 Å². The second kappa shape index (κ2) is 4.40. The van der Waals surface area contributed by atoms with Crippen LogP contribution in [0.15, 0.2) is 42.5 Å². The fourth-order valence-corrected chi connectivity index (χ4v) is 3.76. The Morgan fingerprint density at radius 1 is 1.16 bits per heavy atom. The van der Waals surface area contributed by atoms with Gasteiger partial charge >= 0.3 is 0 Å². The Morgan fingerprint density at radius 3 is 3.00 bits per heavy atom. The number of nitrogens with zero attached hydrogens (tertiary/aromatic N) is 1. The predicted octanol–water partition coefficient (Wildman–Crippen LogP) is 3.82. The Labute approximate surface area is 127 Å². The van der Waals surface area contributed by atoms with E-state index in [9.17, 15) is 0 Å². The molecule has 3 heteroatoms. The molecule has 0 aromatic heterocycles. The number of halogens is 1. The summed E-state index contributed by atoms with van der Waals surface area (Å²) in [4.78, 5) is 2.56. The number of rotatable bonds is 0. The summed E-state index contributed by atoms with van der Waals surface area (Å²) in [5.41, 5.74) is 5.64. The molecule has 2 aliphatic rings. The number of nitrogens with one attached hydrogen (secondary N) is 1. The number of anilines is 2. The maximum absolute atomic E-state index is 3.60. The SMILES string of the molecule is Ic1ccc2c(c1)NCC1c3ccccc3CCN21. The van der Waals surface area contributed by atoms with Gasteiger partial charge in [0, 0.05) is 16.7 Å². The van der Waals surface area contributed by atoms with Gasteiger partial charge in [0.15, 0.2) is 0 Å². The standard InChI is InChI=1S/C16H15IN2/c17-12-5-6-15-14(9-12)18-10-16-13-4-2-1-3-11(13)7-8-19(15)16/h1-6,9,16,18H,7-8,10H2. The zero-order valence-corrected chi connectivity index (χ0v) is 12.7. The summed E-state index contributed by atoms with van der Waals surface area (Å²) in [6, 6.07) is 16.0. The van der Waals surface area contributed by atoms with Crippen LogP contribution in [-0.2, 0) is 6.42 Å². The molecule has 2 nitrogen and oxygen atoms in total. The molecule has 0 amide bonds. The van der Waals surface area contributed by atoms with Gasteiger partial charge in [0.25, 0.3) is 0 Å². The molecule has 19 heavy (non-hydrogen) atoms. The van der Waals surface area contributed by atoms with Gasteiger partial charge in [0.2, 0.25) is 0 Å². The Kier molecular flexibility index (Phi) is 2.69. The summed E-state index contributed by atoms with van der Waals surface area (Å²) in [6.07, 6.45) is 1.15. The smallest absolute Gasteiger partial charge is 0.0718 e. The van der Waals surface area contributed by atoms with Crippen LogP contribution in [0.3, 0.4) is 0 Å². The summed E-state index contributed by atoms with van der Waals surface area (Å²) < 4.78 is 1.29. The van der Waals surface area contributed by atoms with Crippen LogP contribution in [0.1, 0.15) is 17.2 Å². The molecule has 1 unspecified atom stereocenters. The molecule has 0 spiro atoms. The van der Waals surface area contributed by atoms with Crippen LogP contribution in [-0.4, -0.2) is 13.1 Å². The first kappa shape index (κ1) is 11.6. The second-order valence-electron chi connectivity index (χ2n) is 5.20. The molecule has 4 rings (SSSR count). The lowest BCUT2D eigenvalue weighted by atomic mass is 9.90. The molecule has 0 bridgehead atoms. The third-order valence-electron chi connectivity index (χ3n) is 4.17. The first-order chi connectivity index (χ1) is 9.33. The molecule has 0 aliphatic carbocycles. The lowest BCUT2D eigenvalue weighted by Crippen LogP contribution is -2.42. The van der Waals surface area contributed by atoms with E-state index in [1.54, 1.807) is 0 Å². The minimum absolute atomic E-state index is 0.484. The number of hydrogen-bond donors (Lipinski definition) is 1. The van der Waals surface area contributed by atoms with Crippen molar-refractivity contribution in [1.82, 2.24) is 0 Å². The third kappa shape index (κ3) is 1.83. The van der Waals surface area contributed by atoms with E-state index >= 15 is 0 Å². The van der Waals surface area contributed by atoms with Gasteiger partial charge in [-0.3, -0.25) is 0 Å². The zero-order chi connectivity index (χ0) is 12.8. The Balaban J connectivity index is 1.81. The Bertz CT molecular complexity index is 638. The molecular formula is C16H15IN2. The van der Waals surface area contributed by atoms with Crippen LogP contribution in [0.25, 0.3) is 0 Å². The average molecular weight is 362 g/mol. The highest BCUT2D eigenvalue weighted by Crippen LogP contribution is 2.41. The average Bonchev–Trinajstić information content (AvgIpc) is 2.46. The van der Waals surface area contributed by atoms with E-state index < -0.39 is 0 Å². The molecule has 0 saturated heterocycles. The van der Waals surface area contributed by atoms with Gasteiger partial charge in [-0.1, -0.05) is 24.3 Å². The van der Waals surface area contributed by atoms with E-state index in [0.717, 1.165) is 19.5 Å². The van der Waals surface area contributed by atoms with E-state index in [1.807, 2.05) is 0 Å². The van der Waals surface area contributed by atoms with Crippen LogP contribution < -0.4 is 10.2 Å². The molecule has 0 radical (unpaired) electrons. The van der Waals surface area contributed by atoms with Crippen molar-refractivity contribution in [1.29, 1.82) is 0 Å². The highest BCUT2D eigenvalue weighted by Gasteiger charge is 2.31. The molecule has 1 N–H and O–H groups in total. The molecule has 2 aromatic carbocycles. The highest BCUT2D eigenvalue weighted by atomic mass is 127. The maximum Gasteiger partial charge on any atom is 0.0718 e. The predicted molar refractivity (Wildman–Crippen MR) is 87.9 cm³/mol. The van der Waals surface area contributed by atoms with Crippen LogP contribution in [0.4, 0.5) is 11.4 Å². The fraction of sp³-hybridized carbons (Fsp3) is 0.250. The lowest BCUT2D eigenvalue weighted by Gasteiger charge is -2.43. The minimum atomic E-state index is 0.484. The molecule has 0 saturated carbocycles. The van der Waals surface area contributed by atoms with Gasteiger partial charge in [0.1, 0.15) is 0 Å². The first-order valence-corrected chi connectivity index (χ1v) is 7.79. The van der Waals surface area contributed by atoms with Gasteiger partial charge in [-0.25, -0.2) is 0 Å². The third-order valence-corrected chi connectivity index (χ3v) is 4.84. The van der Waals surface area contributed by atoms with Crippen LogP contribution >= 0.6 is 22.6 Å². The largest absolute Gasteiger partial charge is 0.381 e. The van der Waals surface area contributed by atoms with E-state index in [1.165, 1.54) is 26.1 Å². The number of hydrogen-bond acceptors (Lipinski definition) is 2. The van der Waals surface area contributed by atoms with Gasteiger partial charge < -0.3 is 10.2 Å². The lowest BCUT2D eigenvalue weighted by molar-refractivity contribution is 0.591. The minimum Gasteiger partial charge on any atom is -0.381 e. The van der Waals surface area contributed by atoms with Crippen molar-refractivity contribution in [2.75, 3.05) is 23.3 Å². The van der Waals surface area contributed by atoms with E-state index in [0.29, 0.717) is 6.04 Å². The summed E-state index contributed by atoms with van der Waals surface area (Å²) in [5.74, 6) is 0. The second-order valence-corrected chi connectivity index (χ2v) is 6.45. The van der Waals surface area contributed by atoms with Crippen molar-refractivity contribution >= 4 is 34.0 Å². The van der Waals surface area contributed by atoms with Crippen LogP contribution in [0.2, 0.25) is 0 Å². The summed E-state index contributed by atoms with van der Waals surface area (Å²) in [5, 5.41) is 3.60. The van der Waals surface area contributed by atoms with Crippen molar-refractivity contribution in [2.24, 2.45) is 0 Å². The monoisotopic (exact) mass is 362 g/mol. The van der Waals surface area contributed by atoms with Gasteiger partial charge in [-0.05, 0) is 58.3 Å². The van der Waals surface area contributed by atoms with Gasteiger partial charge in [-0.2, -0.15) is 0 Å². The summed E-state index contributed by atoms with van der Waals surface area (Å²) in [7, 11) is 0. The van der Waals surface area contributed by atoms with E-state index in [2.05, 4.69) is 75.3 Å². The molecular weight excluding hydrogens is 347 g/mol. The van der Waals surface area contributed by atoms with E-state index in [-0.39, 0.29) is 0 Å². The summed E-state index contributed by atoms with van der Waals surface area (Å²) >= 11 is 2.38. The Morgan fingerprint density at radius 2 is 2.05 bits per heavy atom. The number of benzene rings is 2. The molecule has 2 aliphatic heterocycles. The van der Waals surface area contributed by atoms with Gasteiger partial charge in [-0.15, -0.1) is 0 Å². The van der Waals surface area contributed by atoms with Crippen molar-refractivity contribution < 1.29 is 0 Å². The maximum atomic E-state index is 3.60. The molecule has 0 fully saturated rings. The van der Waals surface area contributed by atoms with Crippen LogP contribution in [0, 0.1) is 3.57 Å². The summed E-state index contributed by atoms with van der Waals surface area (Å²) in [6.45, 7) is 2.13. The van der Waals surface area contributed by atoms with Crippen molar-refractivity contribution in [3.63, 3.8) is 0 Å². The first-order valence-electron chi connectivity index (χ1n) is 6.71. The van der Waals surface area contributed by atoms with Crippen molar-refractivity contribution in [2.45, 2.75) is 12.5 Å². The van der Waals surface area contributed by atoms with Gasteiger partial charge in [0.05, 0.1) is 17.4 Å². The molecule has 96 valence electrons. The Hall–Kier alpha value is -1.23. The van der Waals surface area contributed by atoms with Crippen molar-refractivity contribution in [3.05, 3.63) is 57.2 Å². The highest BCUT2D eigenvalue weighted by molar-refractivity contribution is 14.1. The topological polar surface area (TPSA) is 15.3 Å².